The molecule has 3 heterocycles. The molecule has 2 fully saturated rings. The molecule has 4 rings (SSSR count). The van der Waals surface area contributed by atoms with Crippen LogP contribution in [0.2, 0.25) is 0 Å². The molecule has 2 aromatic rings. The summed E-state index contributed by atoms with van der Waals surface area (Å²) in [4.78, 5) is 21.3. The fraction of sp³-hybridized carbons (Fsp3) is 0.429. The van der Waals surface area contributed by atoms with E-state index >= 15 is 0 Å². The molecular weight excluding hydrogens is 326 g/mol. The van der Waals surface area contributed by atoms with E-state index in [0.29, 0.717) is 18.3 Å². The number of hydrogen-bond donors (Lipinski definition) is 0. The highest BCUT2D eigenvalue weighted by Gasteiger charge is 2.35. The zero-order chi connectivity index (χ0) is 17.9. The molecule has 1 aromatic heterocycles. The van der Waals surface area contributed by atoms with Gasteiger partial charge in [-0.3, -0.25) is 4.90 Å². The van der Waals surface area contributed by atoms with Gasteiger partial charge in [0.05, 0.1) is 6.04 Å². The van der Waals surface area contributed by atoms with Gasteiger partial charge in [0.25, 0.3) is 0 Å². The van der Waals surface area contributed by atoms with Gasteiger partial charge in [-0.2, -0.15) is 0 Å². The smallest absolute Gasteiger partial charge is 0.415 e. The van der Waals surface area contributed by atoms with Gasteiger partial charge in [0.15, 0.2) is 0 Å². The van der Waals surface area contributed by atoms with E-state index in [1.54, 1.807) is 4.90 Å². The molecule has 1 atom stereocenters. The maximum absolute atomic E-state index is 12.4. The van der Waals surface area contributed by atoms with E-state index in [1.807, 2.05) is 30.3 Å². The third-order valence-corrected chi connectivity index (χ3v) is 5.41. The van der Waals surface area contributed by atoms with Crippen molar-refractivity contribution in [2.75, 3.05) is 31.6 Å². The van der Waals surface area contributed by atoms with Gasteiger partial charge in [0.1, 0.15) is 12.4 Å². The van der Waals surface area contributed by atoms with Crippen LogP contribution in [0.25, 0.3) is 0 Å². The van der Waals surface area contributed by atoms with Crippen molar-refractivity contribution in [2.24, 2.45) is 0 Å². The fourth-order valence-electron chi connectivity index (χ4n) is 3.88. The molecule has 136 valence electrons. The lowest BCUT2D eigenvalue weighted by atomic mass is 9.93. The summed E-state index contributed by atoms with van der Waals surface area (Å²) in [5.74, 6) is 1.18. The standard InChI is InChI=1S/C21H25N3O2/c1-23-12-10-17(11-13-23)19-8-5-9-20(22-19)24-18(15-26-21(24)25)14-16-6-3-2-4-7-16/h2-9,17-18H,10-15H2,1H3/t18-/m0/s1. The number of amides is 1. The van der Waals surface area contributed by atoms with Gasteiger partial charge in [0.2, 0.25) is 0 Å². The van der Waals surface area contributed by atoms with Crippen LogP contribution in [-0.2, 0) is 11.2 Å². The molecule has 5 nitrogen and oxygen atoms in total. The van der Waals surface area contributed by atoms with Crippen LogP contribution in [0.3, 0.4) is 0 Å². The number of cyclic esters (lactones) is 1. The first-order valence-corrected chi connectivity index (χ1v) is 9.36. The molecule has 0 N–H and O–H groups in total. The van der Waals surface area contributed by atoms with E-state index in [1.165, 1.54) is 5.56 Å². The average Bonchev–Trinajstić information content (AvgIpc) is 3.03. The minimum Gasteiger partial charge on any atom is -0.447 e. The molecule has 0 unspecified atom stereocenters. The molecular formula is C21H25N3O2. The minimum atomic E-state index is -0.293. The van der Waals surface area contributed by atoms with Crippen molar-refractivity contribution in [1.29, 1.82) is 0 Å². The van der Waals surface area contributed by atoms with Crippen LogP contribution in [0.5, 0.6) is 0 Å². The number of ether oxygens (including phenoxy) is 1. The SMILES string of the molecule is CN1CCC(c2cccc(N3C(=O)OC[C@@H]3Cc3ccccc3)n2)CC1. The maximum atomic E-state index is 12.4. The highest BCUT2D eigenvalue weighted by atomic mass is 16.6. The van der Waals surface area contributed by atoms with Gasteiger partial charge in [-0.05, 0) is 57.1 Å². The second kappa shape index (κ2) is 7.46. The molecule has 2 aliphatic rings. The molecule has 1 aromatic carbocycles. The van der Waals surface area contributed by atoms with Gasteiger partial charge in [-0.15, -0.1) is 0 Å². The quantitative estimate of drug-likeness (QED) is 0.846. The zero-order valence-corrected chi connectivity index (χ0v) is 15.2. The number of rotatable bonds is 4. The van der Waals surface area contributed by atoms with Crippen molar-refractivity contribution < 1.29 is 9.53 Å². The Hall–Kier alpha value is -2.40. The van der Waals surface area contributed by atoms with Crippen LogP contribution in [-0.4, -0.2) is 48.8 Å². The Morgan fingerprint density at radius 3 is 2.62 bits per heavy atom. The van der Waals surface area contributed by atoms with Gasteiger partial charge >= 0.3 is 6.09 Å². The molecule has 0 spiro atoms. The van der Waals surface area contributed by atoms with Gasteiger partial charge in [-0.1, -0.05) is 36.4 Å². The molecule has 0 bridgehead atoms. The number of piperidine rings is 1. The predicted molar refractivity (Wildman–Crippen MR) is 101 cm³/mol. The number of nitrogens with zero attached hydrogens (tertiary/aromatic N) is 3. The van der Waals surface area contributed by atoms with E-state index in [2.05, 4.69) is 30.1 Å². The largest absolute Gasteiger partial charge is 0.447 e. The minimum absolute atomic E-state index is 0.00913. The van der Waals surface area contributed by atoms with Crippen LogP contribution in [0.1, 0.15) is 30.0 Å². The Morgan fingerprint density at radius 1 is 1.08 bits per heavy atom. The van der Waals surface area contributed by atoms with Crippen molar-refractivity contribution in [3.63, 3.8) is 0 Å². The Balaban J connectivity index is 1.55. The molecule has 2 saturated heterocycles. The van der Waals surface area contributed by atoms with E-state index in [0.717, 1.165) is 38.0 Å². The Morgan fingerprint density at radius 2 is 1.85 bits per heavy atom. The summed E-state index contributed by atoms with van der Waals surface area (Å²) in [5, 5.41) is 0. The average molecular weight is 351 g/mol. The number of pyridine rings is 1. The highest BCUT2D eigenvalue weighted by molar-refractivity contribution is 5.89. The summed E-state index contributed by atoms with van der Waals surface area (Å²) in [6.45, 7) is 2.60. The van der Waals surface area contributed by atoms with Crippen molar-refractivity contribution in [3.05, 3.63) is 59.8 Å². The van der Waals surface area contributed by atoms with Crippen LogP contribution in [0, 0.1) is 0 Å². The number of likely N-dealkylation sites (tertiary alicyclic amines) is 1. The third kappa shape index (κ3) is 3.58. The first-order chi connectivity index (χ1) is 12.7. The van der Waals surface area contributed by atoms with Crippen LogP contribution in [0.15, 0.2) is 48.5 Å². The predicted octanol–water partition coefficient (Wildman–Crippen LogP) is 3.46. The number of aromatic nitrogens is 1. The van der Waals surface area contributed by atoms with Crippen molar-refractivity contribution in [3.8, 4) is 0 Å². The first kappa shape index (κ1) is 17.0. The fourth-order valence-corrected chi connectivity index (χ4v) is 3.88. The van der Waals surface area contributed by atoms with E-state index in [4.69, 9.17) is 9.72 Å². The number of benzene rings is 1. The molecule has 0 aliphatic carbocycles. The van der Waals surface area contributed by atoms with Crippen LogP contribution >= 0.6 is 0 Å². The lowest BCUT2D eigenvalue weighted by Crippen LogP contribution is -2.36. The summed E-state index contributed by atoms with van der Waals surface area (Å²) in [7, 11) is 2.16. The summed E-state index contributed by atoms with van der Waals surface area (Å²) >= 11 is 0. The van der Waals surface area contributed by atoms with Crippen molar-refractivity contribution in [2.45, 2.75) is 31.2 Å². The number of anilines is 1. The Labute approximate surface area is 154 Å². The molecule has 1 amide bonds. The number of carbonyl (C=O) groups is 1. The van der Waals surface area contributed by atoms with Gasteiger partial charge in [-0.25, -0.2) is 9.78 Å². The first-order valence-electron chi connectivity index (χ1n) is 9.36. The van der Waals surface area contributed by atoms with E-state index < -0.39 is 0 Å². The second-order valence-corrected chi connectivity index (χ2v) is 7.29. The monoisotopic (exact) mass is 351 g/mol. The Kier molecular flexibility index (Phi) is 4.89. The van der Waals surface area contributed by atoms with E-state index in [-0.39, 0.29) is 12.1 Å². The van der Waals surface area contributed by atoms with Crippen molar-refractivity contribution in [1.82, 2.24) is 9.88 Å². The molecule has 0 radical (unpaired) electrons. The van der Waals surface area contributed by atoms with Crippen LogP contribution < -0.4 is 4.90 Å². The molecule has 2 aliphatic heterocycles. The van der Waals surface area contributed by atoms with Crippen molar-refractivity contribution >= 4 is 11.9 Å². The number of hydrogen-bond acceptors (Lipinski definition) is 4. The lowest BCUT2D eigenvalue weighted by Gasteiger charge is -2.29. The second-order valence-electron chi connectivity index (χ2n) is 7.29. The normalized spacial score (nSPS) is 21.8. The summed E-state index contributed by atoms with van der Waals surface area (Å²) in [6.07, 6.45) is 2.71. The van der Waals surface area contributed by atoms with E-state index in [9.17, 15) is 4.79 Å². The Bertz CT molecular complexity index is 757. The molecule has 5 heteroatoms. The summed E-state index contributed by atoms with van der Waals surface area (Å²) < 4.78 is 5.34. The topological polar surface area (TPSA) is 45.7 Å². The van der Waals surface area contributed by atoms with Gasteiger partial charge in [0, 0.05) is 11.6 Å². The number of carbonyl (C=O) groups excluding carboxylic acids is 1. The summed E-state index contributed by atoms with van der Waals surface area (Å²) in [6, 6.07) is 16.2. The lowest BCUT2D eigenvalue weighted by molar-refractivity contribution is 0.178. The zero-order valence-electron chi connectivity index (χ0n) is 15.2. The van der Waals surface area contributed by atoms with Crippen LogP contribution in [0.4, 0.5) is 10.6 Å². The highest BCUT2D eigenvalue weighted by Crippen LogP contribution is 2.29. The molecule has 26 heavy (non-hydrogen) atoms. The maximum Gasteiger partial charge on any atom is 0.415 e. The van der Waals surface area contributed by atoms with Gasteiger partial charge < -0.3 is 9.64 Å². The molecule has 0 saturated carbocycles. The summed E-state index contributed by atoms with van der Waals surface area (Å²) in [5.41, 5.74) is 2.29. The third-order valence-electron chi connectivity index (χ3n) is 5.41.